The van der Waals surface area contributed by atoms with E-state index in [2.05, 4.69) is 33.9 Å². The highest BCUT2D eigenvalue weighted by Crippen LogP contribution is 2.38. The molecule has 0 aromatic heterocycles. The Morgan fingerprint density at radius 2 is 1.81 bits per heavy atom. The van der Waals surface area contributed by atoms with E-state index in [1.54, 1.807) is 6.08 Å². The van der Waals surface area contributed by atoms with E-state index >= 15 is 0 Å². The van der Waals surface area contributed by atoms with Crippen molar-refractivity contribution in [3.05, 3.63) is 11.8 Å². The third-order valence-corrected chi connectivity index (χ3v) is 7.29. The van der Waals surface area contributed by atoms with Gasteiger partial charge in [-0.25, -0.2) is 4.79 Å². The van der Waals surface area contributed by atoms with Gasteiger partial charge in [-0.3, -0.25) is 0 Å². The van der Waals surface area contributed by atoms with Gasteiger partial charge in [0.25, 0.3) is 8.32 Å². The molecule has 0 saturated carbocycles. The van der Waals surface area contributed by atoms with Gasteiger partial charge in [0.15, 0.2) is 5.76 Å². The second-order valence-electron chi connectivity index (χ2n) is 5.33. The third-order valence-electron chi connectivity index (χ3n) is 2.95. The van der Waals surface area contributed by atoms with E-state index in [-0.39, 0.29) is 11.0 Å². The lowest BCUT2D eigenvalue weighted by Crippen LogP contribution is -2.41. The number of methoxy groups -OCH3 is 1. The van der Waals surface area contributed by atoms with Crippen LogP contribution in [0.1, 0.15) is 34.1 Å². The van der Waals surface area contributed by atoms with Gasteiger partial charge in [-0.05, 0) is 30.6 Å². The number of esters is 1. The Hall–Kier alpha value is -0.773. The van der Waals surface area contributed by atoms with Crippen LogP contribution in [0.4, 0.5) is 0 Å². The molecule has 0 atom stereocenters. The van der Waals surface area contributed by atoms with Gasteiger partial charge < -0.3 is 9.16 Å². The van der Waals surface area contributed by atoms with Crippen molar-refractivity contribution in [3.63, 3.8) is 0 Å². The Bertz CT molecular complexity index is 274. The first-order valence-electron chi connectivity index (χ1n) is 5.63. The molecule has 0 aliphatic heterocycles. The number of hydrogen-bond acceptors (Lipinski definition) is 3. The molecular weight excluding hydrogens is 220 g/mol. The quantitative estimate of drug-likeness (QED) is 0.329. The summed E-state index contributed by atoms with van der Waals surface area (Å²) >= 11 is 0. The summed E-state index contributed by atoms with van der Waals surface area (Å²) < 4.78 is 10.6. The molecule has 94 valence electrons. The molecule has 0 rings (SSSR count). The highest BCUT2D eigenvalue weighted by Gasteiger charge is 2.40. The van der Waals surface area contributed by atoms with Crippen molar-refractivity contribution < 1.29 is 14.0 Å². The first kappa shape index (κ1) is 15.2. The molecule has 0 aromatic rings. The molecule has 0 N–H and O–H groups in total. The number of hydrogen-bond donors (Lipinski definition) is 0. The summed E-state index contributed by atoms with van der Waals surface area (Å²) in [6.07, 6.45) is 2.55. The Morgan fingerprint density at radius 3 is 2.12 bits per heavy atom. The van der Waals surface area contributed by atoms with Crippen molar-refractivity contribution in [2.45, 2.75) is 52.2 Å². The van der Waals surface area contributed by atoms with Crippen LogP contribution in [-0.2, 0) is 14.0 Å². The van der Waals surface area contributed by atoms with Gasteiger partial charge in [0.1, 0.15) is 0 Å². The Kier molecular flexibility index (Phi) is 5.26. The zero-order chi connectivity index (χ0) is 13.0. The van der Waals surface area contributed by atoms with E-state index in [9.17, 15) is 4.79 Å². The van der Waals surface area contributed by atoms with Crippen LogP contribution >= 0.6 is 0 Å². The van der Waals surface area contributed by atoms with Crippen LogP contribution < -0.4 is 0 Å². The van der Waals surface area contributed by atoms with E-state index in [4.69, 9.17) is 9.16 Å². The molecule has 0 amide bonds. The SMILES string of the molecule is CC/C=C(/O[Si](C)(C)C(C)(C)C)C(=O)OC. The predicted octanol–water partition coefficient (Wildman–Crippen LogP) is 3.48. The van der Waals surface area contributed by atoms with Crippen LogP contribution in [0, 0.1) is 0 Å². The smallest absolute Gasteiger partial charge is 0.371 e. The summed E-state index contributed by atoms with van der Waals surface area (Å²) in [5, 5.41) is 0.0772. The summed E-state index contributed by atoms with van der Waals surface area (Å²) in [6, 6.07) is 0. The molecule has 4 heteroatoms. The monoisotopic (exact) mass is 244 g/mol. The molecule has 0 radical (unpaired) electrons. The van der Waals surface area contributed by atoms with Gasteiger partial charge in [0, 0.05) is 0 Å². The lowest BCUT2D eigenvalue weighted by atomic mass is 10.2. The summed E-state index contributed by atoms with van der Waals surface area (Å²) in [7, 11) is -0.578. The predicted molar refractivity (Wildman–Crippen MR) is 68.7 cm³/mol. The summed E-state index contributed by atoms with van der Waals surface area (Å²) in [6.45, 7) is 12.6. The molecular formula is C12H24O3Si. The Balaban J connectivity index is 4.91. The summed E-state index contributed by atoms with van der Waals surface area (Å²) in [5.74, 6) is -0.0248. The minimum absolute atomic E-state index is 0.0772. The molecule has 0 saturated heterocycles. The average Bonchev–Trinajstić information content (AvgIpc) is 2.14. The fourth-order valence-corrected chi connectivity index (χ4v) is 1.90. The molecule has 0 fully saturated rings. The minimum atomic E-state index is -1.95. The first-order chi connectivity index (χ1) is 7.15. The fourth-order valence-electron chi connectivity index (χ4n) is 0.881. The van der Waals surface area contributed by atoms with Gasteiger partial charge in [0.05, 0.1) is 7.11 Å². The molecule has 0 spiro atoms. The molecule has 0 aromatic carbocycles. The summed E-state index contributed by atoms with van der Waals surface area (Å²) in [5.41, 5.74) is 0. The van der Waals surface area contributed by atoms with Gasteiger partial charge in [-0.1, -0.05) is 27.7 Å². The molecule has 0 aliphatic carbocycles. The van der Waals surface area contributed by atoms with Crippen molar-refractivity contribution >= 4 is 14.3 Å². The standard InChI is InChI=1S/C12H24O3Si/c1-8-9-10(11(13)14-5)15-16(6,7)12(2,3)4/h9H,8H2,1-7H3/b10-9+. The maximum atomic E-state index is 11.5. The van der Waals surface area contributed by atoms with E-state index in [0.29, 0.717) is 5.76 Å². The molecule has 0 unspecified atom stereocenters. The first-order valence-corrected chi connectivity index (χ1v) is 8.54. The van der Waals surface area contributed by atoms with Gasteiger partial charge in [0.2, 0.25) is 0 Å². The molecule has 0 heterocycles. The van der Waals surface area contributed by atoms with E-state index in [0.717, 1.165) is 6.42 Å². The van der Waals surface area contributed by atoms with Crippen LogP contribution in [0.15, 0.2) is 11.8 Å². The largest absolute Gasteiger partial charge is 0.539 e. The van der Waals surface area contributed by atoms with Crippen LogP contribution in [-0.4, -0.2) is 21.4 Å². The van der Waals surface area contributed by atoms with Crippen molar-refractivity contribution in [1.29, 1.82) is 0 Å². The van der Waals surface area contributed by atoms with E-state index < -0.39 is 8.32 Å². The lowest BCUT2D eigenvalue weighted by molar-refractivity contribution is -0.138. The van der Waals surface area contributed by atoms with Crippen LogP contribution in [0.2, 0.25) is 18.1 Å². The van der Waals surface area contributed by atoms with Crippen LogP contribution in [0.3, 0.4) is 0 Å². The molecule has 16 heavy (non-hydrogen) atoms. The van der Waals surface area contributed by atoms with E-state index in [1.165, 1.54) is 7.11 Å². The topological polar surface area (TPSA) is 35.5 Å². The van der Waals surface area contributed by atoms with Crippen molar-refractivity contribution in [3.8, 4) is 0 Å². The number of carbonyl (C=O) groups is 1. The summed E-state index contributed by atoms with van der Waals surface area (Å²) in [4.78, 5) is 11.5. The third kappa shape index (κ3) is 4.00. The van der Waals surface area contributed by atoms with Gasteiger partial charge in [-0.15, -0.1) is 0 Å². The van der Waals surface area contributed by atoms with Crippen molar-refractivity contribution in [1.82, 2.24) is 0 Å². The average molecular weight is 244 g/mol. The normalized spacial score (nSPS) is 13.6. The molecule has 3 nitrogen and oxygen atoms in total. The molecule has 0 bridgehead atoms. The number of ether oxygens (including phenoxy) is 1. The van der Waals surface area contributed by atoms with Crippen LogP contribution in [0.25, 0.3) is 0 Å². The Labute approximate surface area is 100.0 Å². The number of allylic oxidation sites excluding steroid dienone is 1. The fraction of sp³-hybridized carbons (Fsp3) is 0.750. The lowest BCUT2D eigenvalue weighted by Gasteiger charge is -2.36. The van der Waals surface area contributed by atoms with Crippen molar-refractivity contribution in [2.24, 2.45) is 0 Å². The Morgan fingerprint density at radius 1 is 1.31 bits per heavy atom. The second kappa shape index (κ2) is 5.52. The highest BCUT2D eigenvalue weighted by molar-refractivity contribution is 6.74. The van der Waals surface area contributed by atoms with Gasteiger partial charge >= 0.3 is 5.97 Å². The maximum absolute atomic E-state index is 11.5. The minimum Gasteiger partial charge on any atom is -0.539 e. The maximum Gasteiger partial charge on any atom is 0.371 e. The number of carbonyl (C=O) groups excluding carboxylic acids is 1. The number of rotatable bonds is 4. The van der Waals surface area contributed by atoms with Crippen molar-refractivity contribution in [2.75, 3.05) is 7.11 Å². The van der Waals surface area contributed by atoms with Gasteiger partial charge in [-0.2, -0.15) is 0 Å². The van der Waals surface area contributed by atoms with Crippen LogP contribution in [0.5, 0.6) is 0 Å². The van der Waals surface area contributed by atoms with E-state index in [1.807, 2.05) is 6.92 Å². The zero-order valence-electron chi connectivity index (χ0n) is 11.5. The second-order valence-corrected chi connectivity index (χ2v) is 10.1. The molecule has 0 aliphatic rings. The highest BCUT2D eigenvalue weighted by atomic mass is 28.4. The zero-order valence-corrected chi connectivity index (χ0v) is 12.5.